The van der Waals surface area contributed by atoms with Crippen molar-refractivity contribution in [2.75, 3.05) is 7.11 Å². The molecule has 0 amide bonds. The Balaban J connectivity index is 2.88. The number of carbonyl (C=O) groups is 2. The summed E-state index contributed by atoms with van der Waals surface area (Å²) in [6, 6.07) is 5.49. The van der Waals surface area contributed by atoms with Gasteiger partial charge in [-0.3, -0.25) is 4.79 Å². The van der Waals surface area contributed by atoms with Crippen molar-refractivity contribution in [3.05, 3.63) is 33.9 Å². The van der Waals surface area contributed by atoms with Crippen LogP contribution in [0.2, 0.25) is 0 Å². The molecule has 0 saturated carbocycles. The van der Waals surface area contributed by atoms with Crippen LogP contribution in [0.15, 0.2) is 22.7 Å². The molecule has 0 fully saturated rings. The average molecular weight is 296 g/mol. The van der Waals surface area contributed by atoms with Gasteiger partial charge in [0, 0.05) is 16.9 Å². The number of carbonyl (C=O) groups excluding carboxylic acids is 2. The van der Waals surface area contributed by atoms with Gasteiger partial charge in [0.1, 0.15) is 5.69 Å². The van der Waals surface area contributed by atoms with E-state index >= 15 is 0 Å². The van der Waals surface area contributed by atoms with Gasteiger partial charge in [0.15, 0.2) is 6.29 Å². The lowest BCUT2D eigenvalue weighted by Crippen LogP contribution is -2.09. The van der Waals surface area contributed by atoms with E-state index in [2.05, 4.69) is 20.7 Å². The Morgan fingerprint density at radius 1 is 1.47 bits per heavy atom. The van der Waals surface area contributed by atoms with Gasteiger partial charge in [0.2, 0.25) is 0 Å². The van der Waals surface area contributed by atoms with Crippen molar-refractivity contribution < 1.29 is 14.3 Å². The molecule has 4 nitrogen and oxygen atoms in total. The fraction of sp³-hybridized carbons (Fsp3) is 0.167. The zero-order valence-corrected chi connectivity index (χ0v) is 10.9. The van der Waals surface area contributed by atoms with Crippen LogP contribution in [0.5, 0.6) is 0 Å². The lowest BCUT2D eigenvalue weighted by atomic mass is 10.1. The minimum atomic E-state index is -0.512. The number of fused-ring (bicyclic) bond motifs is 1. The van der Waals surface area contributed by atoms with Gasteiger partial charge in [-0.25, -0.2) is 4.79 Å². The lowest BCUT2D eigenvalue weighted by Gasteiger charge is -2.02. The first-order valence-corrected chi connectivity index (χ1v) is 5.71. The second kappa shape index (κ2) is 4.33. The number of esters is 1. The van der Waals surface area contributed by atoms with E-state index in [0.717, 1.165) is 15.4 Å². The van der Waals surface area contributed by atoms with Crippen molar-refractivity contribution in [2.45, 2.75) is 0 Å². The number of nitrogens with zero attached hydrogens (tertiary/aromatic N) is 1. The van der Waals surface area contributed by atoms with Gasteiger partial charge in [0.05, 0.1) is 18.2 Å². The van der Waals surface area contributed by atoms with E-state index in [-0.39, 0.29) is 5.69 Å². The molecule has 0 radical (unpaired) electrons. The fourth-order valence-corrected chi connectivity index (χ4v) is 2.25. The van der Waals surface area contributed by atoms with Crippen LogP contribution < -0.4 is 0 Å². The molecule has 0 aliphatic heterocycles. The van der Waals surface area contributed by atoms with Gasteiger partial charge in [-0.1, -0.05) is 22.0 Å². The summed E-state index contributed by atoms with van der Waals surface area (Å²) >= 11 is 3.36. The SMILES string of the molecule is COC(=O)c1c(C=O)c2ccc(Br)cc2n1C. The Hall–Kier alpha value is -1.62. The molecule has 5 heteroatoms. The van der Waals surface area contributed by atoms with E-state index in [0.29, 0.717) is 11.8 Å². The van der Waals surface area contributed by atoms with Crippen molar-refractivity contribution in [3.8, 4) is 0 Å². The largest absolute Gasteiger partial charge is 0.464 e. The maximum absolute atomic E-state index is 11.7. The Labute approximate surface area is 106 Å². The van der Waals surface area contributed by atoms with Crippen LogP contribution in [0.4, 0.5) is 0 Å². The van der Waals surface area contributed by atoms with E-state index in [9.17, 15) is 9.59 Å². The highest BCUT2D eigenvalue weighted by Crippen LogP contribution is 2.27. The van der Waals surface area contributed by atoms with Crippen LogP contribution >= 0.6 is 15.9 Å². The fourth-order valence-electron chi connectivity index (χ4n) is 1.90. The van der Waals surface area contributed by atoms with Crippen LogP contribution in [0, 0.1) is 0 Å². The molecule has 0 unspecified atom stereocenters. The number of hydrogen-bond acceptors (Lipinski definition) is 3. The molecule has 2 aromatic rings. The van der Waals surface area contributed by atoms with Crippen molar-refractivity contribution in [3.63, 3.8) is 0 Å². The number of ether oxygens (including phenoxy) is 1. The Morgan fingerprint density at radius 3 is 2.76 bits per heavy atom. The maximum atomic E-state index is 11.7. The number of methoxy groups -OCH3 is 1. The summed E-state index contributed by atoms with van der Waals surface area (Å²) in [4.78, 5) is 22.8. The minimum absolute atomic E-state index is 0.274. The molecule has 0 aliphatic rings. The predicted octanol–water partition coefficient (Wildman–Crippen LogP) is 2.54. The van der Waals surface area contributed by atoms with E-state index in [1.807, 2.05) is 12.1 Å². The number of aryl methyl sites for hydroxylation is 1. The van der Waals surface area contributed by atoms with E-state index in [1.54, 1.807) is 17.7 Å². The monoisotopic (exact) mass is 295 g/mol. The molecule has 88 valence electrons. The zero-order valence-electron chi connectivity index (χ0n) is 9.36. The predicted molar refractivity (Wildman–Crippen MR) is 67.3 cm³/mol. The van der Waals surface area contributed by atoms with Gasteiger partial charge >= 0.3 is 5.97 Å². The Morgan fingerprint density at radius 2 is 2.18 bits per heavy atom. The molecule has 17 heavy (non-hydrogen) atoms. The molecule has 2 rings (SSSR count). The van der Waals surface area contributed by atoms with E-state index in [4.69, 9.17) is 0 Å². The first kappa shape index (κ1) is 11.9. The van der Waals surface area contributed by atoms with Crippen LogP contribution in [0.25, 0.3) is 10.9 Å². The van der Waals surface area contributed by atoms with Crippen LogP contribution in [0.3, 0.4) is 0 Å². The van der Waals surface area contributed by atoms with Gasteiger partial charge < -0.3 is 9.30 Å². The van der Waals surface area contributed by atoms with E-state index < -0.39 is 5.97 Å². The molecule has 1 aromatic carbocycles. The van der Waals surface area contributed by atoms with Crippen molar-refractivity contribution >= 4 is 39.1 Å². The standard InChI is InChI=1S/C12H10BrNO3/c1-14-10-5-7(13)3-4-8(10)9(6-15)11(14)12(16)17-2/h3-6H,1-2H3. The third-order valence-corrected chi connectivity index (χ3v) is 3.19. The highest BCUT2D eigenvalue weighted by atomic mass is 79.9. The molecule has 0 N–H and O–H groups in total. The summed E-state index contributed by atoms with van der Waals surface area (Å²) < 4.78 is 7.24. The summed E-state index contributed by atoms with van der Waals surface area (Å²) in [5.41, 5.74) is 1.44. The zero-order chi connectivity index (χ0) is 12.6. The molecule has 0 saturated heterocycles. The maximum Gasteiger partial charge on any atom is 0.355 e. The van der Waals surface area contributed by atoms with Crippen LogP contribution in [-0.2, 0) is 11.8 Å². The minimum Gasteiger partial charge on any atom is -0.464 e. The molecular weight excluding hydrogens is 286 g/mol. The first-order chi connectivity index (χ1) is 8.10. The number of aromatic nitrogens is 1. The number of aldehydes is 1. The molecule has 1 aromatic heterocycles. The number of benzene rings is 1. The number of hydrogen-bond donors (Lipinski definition) is 0. The quantitative estimate of drug-likeness (QED) is 0.632. The second-order valence-corrected chi connectivity index (χ2v) is 4.51. The summed E-state index contributed by atoms with van der Waals surface area (Å²) in [6.45, 7) is 0. The second-order valence-electron chi connectivity index (χ2n) is 3.59. The molecular formula is C12H10BrNO3. The molecule has 0 bridgehead atoms. The lowest BCUT2D eigenvalue weighted by molar-refractivity contribution is 0.0588. The highest BCUT2D eigenvalue weighted by molar-refractivity contribution is 9.10. The van der Waals surface area contributed by atoms with E-state index in [1.165, 1.54) is 7.11 Å². The van der Waals surface area contributed by atoms with Crippen LogP contribution in [-0.4, -0.2) is 23.9 Å². The molecule has 0 aliphatic carbocycles. The van der Waals surface area contributed by atoms with Crippen molar-refractivity contribution in [1.82, 2.24) is 4.57 Å². The Kier molecular flexibility index (Phi) is 3.02. The number of rotatable bonds is 2. The topological polar surface area (TPSA) is 48.3 Å². The third-order valence-electron chi connectivity index (χ3n) is 2.70. The van der Waals surface area contributed by atoms with Gasteiger partial charge in [0.25, 0.3) is 0 Å². The normalized spacial score (nSPS) is 10.5. The Bertz CT molecular complexity index is 616. The summed E-state index contributed by atoms with van der Waals surface area (Å²) in [7, 11) is 3.03. The summed E-state index contributed by atoms with van der Waals surface area (Å²) in [5, 5.41) is 0.742. The highest BCUT2D eigenvalue weighted by Gasteiger charge is 2.21. The molecule has 0 spiro atoms. The van der Waals surface area contributed by atoms with Crippen molar-refractivity contribution in [1.29, 1.82) is 0 Å². The van der Waals surface area contributed by atoms with Gasteiger partial charge in [-0.2, -0.15) is 0 Å². The molecule has 0 atom stereocenters. The van der Waals surface area contributed by atoms with Crippen LogP contribution in [0.1, 0.15) is 20.8 Å². The van der Waals surface area contributed by atoms with Gasteiger partial charge in [-0.15, -0.1) is 0 Å². The van der Waals surface area contributed by atoms with Gasteiger partial charge in [-0.05, 0) is 12.1 Å². The first-order valence-electron chi connectivity index (χ1n) is 4.91. The molecule has 1 heterocycles. The third kappa shape index (κ3) is 1.76. The van der Waals surface area contributed by atoms with Crippen molar-refractivity contribution in [2.24, 2.45) is 7.05 Å². The summed E-state index contributed by atoms with van der Waals surface area (Å²) in [5.74, 6) is -0.512. The summed E-state index contributed by atoms with van der Waals surface area (Å²) in [6.07, 6.45) is 0.683. The smallest absolute Gasteiger partial charge is 0.355 e. The average Bonchev–Trinajstić information content (AvgIpc) is 2.61. The number of halogens is 1.